The molecule has 4 rings (SSSR count). The summed E-state index contributed by atoms with van der Waals surface area (Å²) in [6.45, 7) is 1.43. The number of rotatable bonds is 6. The summed E-state index contributed by atoms with van der Waals surface area (Å²) < 4.78 is 0.821. The molecule has 2 amide bonds. The van der Waals surface area contributed by atoms with Crippen molar-refractivity contribution in [1.82, 2.24) is 10.4 Å². The number of aromatic nitrogens is 1. The molecule has 0 aliphatic carbocycles. The fourth-order valence-electron chi connectivity index (χ4n) is 2.76. The molecule has 2 heterocycles. The number of amidine groups is 1. The van der Waals surface area contributed by atoms with Crippen LogP contribution in [0.3, 0.4) is 0 Å². The number of thiazole rings is 1. The molecular formula is C21H15N7O4S2. The quantitative estimate of drug-likeness (QED) is 0.126. The van der Waals surface area contributed by atoms with E-state index in [1.54, 1.807) is 24.3 Å². The number of nitrogens with zero attached hydrogens (tertiary/aromatic N) is 5. The van der Waals surface area contributed by atoms with Crippen LogP contribution in [0.1, 0.15) is 22.2 Å². The zero-order valence-corrected chi connectivity index (χ0v) is 19.1. The maximum atomic E-state index is 12.4. The number of amides is 2. The first-order valence-corrected chi connectivity index (χ1v) is 11.3. The van der Waals surface area contributed by atoms with Crippen molar-refractivity contribution in [2.24, 2.45) is 15.3 Å². The van der Waals surface area contributed by atoms with Crippen molar-refractivity contribution in [3.8, 4) is 0 Å². The average Bonchev–Trinajstić information content (AvgIpc) is 3.48. The summed E-state index contributed by atoms with van der Waals surface area (Å²) in [5.74, 6) is -0.551. The predicted molar refractivity (Wildman–Crippen MR) is 130 cm³/mol. The van der Waals surface area contributed by atoms with Gasteiger partial charge >= 0.3 is 0 Å². The summed E-state index contributed by atoms with van der Waals surface area (Å²) >= 11 is 2.65. The number of hydrogen-bond acceptors (Lipinski definition) is 9. The Labute approximate surface area is 200 Å². The molecule has 34 heavy (non-hydrogen) atoms. The SMILES string of the molecule is CC(=O)Nc1ccc2nc(N=N/C(=N/NC(=O)c3ccc([N+](=O)[O-])cc3)c3cccs3)sc2c1. The first-order chi connectivity index (χ1) is 16.4. The second-order valence-corrected chi connectivity index (χ2v) is 8.67. The molecule has 2 aromatic carbocycles. The Hall–Kier alpha value is -4.36. The molecule has 2 aromatic heterocycles. The molecule has 170 valence electrons. The molecular weight excluding hydrogens is 478 g/mol. The van der Waals surface area contributed by atoms with E-state index in [1.807, 2.05) is 11.4 Å². The van der Waals surface area contributed by atoms with Crippen molar-refractivity contribution in [3.05, 3.63) is 80.5 Å². The number of benzene rings is 2. The summed E-state index contributed by atoms with van der Waals surface area (Å²) in [6.07, 6.45) is 0. The van der Waals surface area contributed by atoms with Gasteiger partial charge in [0.25, 0.3) is 11.6 Å². The van der Waals surface area contributed by atoms with Crippen LogP contribution in [0.2, 0.25) is 0 Å². The Kier molecular flexibility index (Phi) is 6.75. The van der Waals surface area contributed by atoms with Gasteiger partial charge in [-0.2, -0.15) is 0 Å². The molecule has 0 saturated carbocycles. The van der Waals surface area contributed by atoms with Crippen molar-refractivity contribution >= 4 is 67.0 Å². The molecule has 0 saturated heterocycles. The minimum absolute atomic E-state index is 0.117. The highest BCUT2D eigenvalue weighted by Gasteiger charge is 2.11. The van der Waals surface area contributed by atoms with Crippen LogP contribution in [-0.2, 0) is 4.79 Å². The first kappa shape index (κ1) is 22.8. The highest BCUT2D eigenvalue weighted by atomic mass is 32.1. The Morgan fingerprint density at radius 3 is 2.59 bits per heavy atom. The lowest BCUT2D eigenvalue weighted by molar-refractivity contribution is -0.384. The van der Waals surface area contributed by atoms with Crippen LogP contribution < -0.4 is 10.7 Å². The molecule has 0 radical (unpaired) electrons. The summed E-state index contributed by atoms with van der Waals surface area (Å²) in [5, 5.41) is 28.1. The number of carbonyl (C=O) groups is 2. The number of thiophene rings is 1. The van der Waals surface area contributed by atoms with Crippen molar-refractivity contribution < 1.29 is 14.5 Å². The van der Waals surface area contributed by atoms with Gasteiger partial charge in [-0.1, -0.05) is 17.4 Å². The van der Waals surface area contributed by atoms with E-state index in [0.29, 0.717) is 21.2 Å². The van der Waals surface area contributed by atoms with Gasteiger partial charge in [-0.05, 0) is 41.8 Å². The molecule has 13 heteroatoms. The lowest BCUT2D eigenvalue weighted by Gasteiger charge is -2.01. The third-order valence-corrected chi connectivity index (χ3v) is 6.04. The summed E-state index contributed by atoms with van der Waals surface area (Å²) in [6, 6.07) is 14.1. The third-order valence-electron chi connectivity index (χ3n) is 4.27. The van der Waals surface area contributed by atoms with Gasteiger partial charge in [0, 0.05) is 30.3 Å². The third kappa shape index (κ3) is 5.51. The Morgan fingerprint density at radius 1 is 1.12 bits per heavy atom. The van der Waals surface area contributed by atoms with Crippen LogP contribution in [0, 0.1) is 10.1 Å². The van der Waals surface area contributed by atoms with E-state index >= 15 is 0 Å². The monoisotopic (exact) mass is 493 g/mol. The van der Waals surface area contributed by atoms with E-state index in [1.165, 1.54) is 53.9 Å². The van der Waals surface area contributed by atoms with Gasteiger partial charge in [-0.25, -0.2) is 10.4 Å². The van der Waals surface area contributed by atoms with Crippen LogP contribution in [0.15, 0.2) is 75.3 Å². The van der Waals surface area contributed by atoms with E-state index < -0.39 is 10.8 Å². The van der Waals surface area contributed by atoms with E-state index in [2.05, 4.69) is 31.1 Å². The number of nitro benzene ring substituents is 1. The minimum atomic E-state index is -0.551. The summed E-state index contributed by atoms with van der Waals surface area (Å²) in [7, 11) is 0. The fourth-order valence-corrected chi connectivity index (χ4v) is 4.24. The highest BCUT2D eigenvalue weighted by molar-refractivity contribution is 7.22. The molecule has 0 aliphatic rings. The van der Waals surface area contributed by atoms with Crippen molar-refractivity contribution in [2.75, 3.05) is 5.32 Å². The minimum Gasteiger partial charge on any atom is -0.326 e. The summed E-state index contributed by atoms with van der Waals surface area (Å²) in [4.78, 5) is 39.0. The van der Waals surface area contributed by atoms with Gasteiger partial charge < -0.3 is 5.32 Å². The maximum Gasteiger partial charge on any atom is 0.271 e. The zero-order chi connectivity index (χ0) is 24.1. The van der Waals surface area contributed by atoms with Gasteiger partial charge in [-0.3, -0.25) is 19.7 Å². The molecule has 0 unspecified atom stereocenters. The first-order valence-electron chi connectivity index (χ1n) is 9.65. The van der Waals surface area contributed by atoms with Crippen LogP contribution in [0.25, 0.3) is 10.2 Å². The lowest BCUT2D eigenvalue weighted by Crippen LogP contribution is -2.19. The van der Waals surface area contributed by atoms with E-state index in [9.17, 15) is 19.7 Å². The number of nitrogens with one attached hydrogen (secondary N) is 2. The van der Waals surface area contributed by atoms with Gasteiger partial charge in [0.2, 0.25) is 16.9 Å². The highest BCUT2D eigenvalue weighted by Crippen LogP contribution is 2.30. The zero-order valence-electron chi connectivity index (χ0n) is 17.5. The molecule has 4 aromatic rings. The number of azo groups is 1. The molecule has 0 spiro atoms. The molecule has 11 nitrogen and oxygen atoms in total. The van der Waals surface area contributed by atoms with Crippen molar-refractivity contribution in [1.29, 1.82) is 0 Å². The molecule has 0 aliphatic heterocycles. The normalized spacial score (nSPS) is 11.6. The second-order valence-electron chi connectivity index (χ2n) is 6.72. The van der Waals surface area contributed by atoms with Crippen LogP contribution in [-0.4, -0.2) is 27.6 Å². The fraction of sp³-hybridized carbons (Fsp3) is 0.0476. The largest absolute Gasteiger partial charge is 0.326 e. The average molecular weight is 494 g/mol. The molecule has 2 N–H and O–H groups in total. The van der Waals surface area contributed by atoms with Gasteiger partial charge in [0.1, 0.15) is 0 Å². The number of anilines is 1. The lowest BCUT2D eigenvalue weighted by atomic mass is 10.2. The van der Waals surface area contributed by atoms with Gasteiger partial charge in [0.15, 0.2) is 0 Å². The van der Waals surface area contributed by atoms with Crippen LogP contribution in [0.4, 0.5) is 16.5 Å². The maximum absolute atomic E-state index is 12.4. The van der Waals surface area contributed by atoms with Gasteiger partial charge in [-0.15, -0.1) is 26.7 Å². The van der Waals surface area contributed by atoms with E-state index in [4.69, 9.17) is 0 Å². The second kappa shape index (κ2) is 10.1. The Balaban J connectivity index is 1.54. The molecule has 0 atom stereocenters. The van der Waals surface area contributed by atoms with Crippen LogP contribution in [0.5, 0.6) is 0 Å². The molecule has 0 bridgehead atoms. The van der Waals surface area contributed by atoms with Crippen molar-refractivity contribution in [2.45, 2.75) is 6.92 Å². The Morgan fingerprint density at radius 2 is 1.91 bits per heavy atom. The predicted octanol–water partition coefficient (Wildman–Crippen LogP) is 5.10. The standard InChI is InChI=1S/C21H15N7O4S2/c1-12(29)22-14-6-9-16-18(11-14)34-21(23-16)27-25-19(17-3-2-10-33-17)24-26-20(30)13-4-7-15(8-5-13)28(31)32/h2-11H,1H3,(H,22,29)(H,26,30)/b24-19+,27-25?. The number of hydrogen-bond donors (Lipinski definition) is 2. The van der Waals surface area contributed by atoms with E-state index in [-0.39, 0.29) is 23.0 Å². The smallest absolute Gasteiger partial charge is 0.271 e. The number of non-ortho nitro benzene ring substituents is 1. The van der Waals surface area contributed by atoms with Crippen molar-refractivity contribution in [3.63, 3.8) is 0 Å². The topological polar surface area (TPSA) is 151 Å². The number of hydrazone groups is 1. The number of fused-ring (bicyclic) bond motifs is 1. The Bertz CT molecular complexity index is 1430. The van der Waals surface area contributed by atoms with E-state index in [0.717, 1.165) is 4.70 Å². The molecule has 0 fully saturated rings. The number of nitro groups is 1. The van der Waals surface area contributed by atoms with Gasteiger partial charge in [0.05, 0.1) is 20.0 Å². The number of carbonyl (C=O) groups excluding carboxylic acids is 2. The summed E-state index contributed by atoms with van der Waals surface area (Å²) in [5.41, 5.74) is 3.85. The van der Waals surface area contributed by atoms with Crippen LogP contribution >= 0.6 is 22.7 Å².